The maximum atomic E-state index is 15.1. The number of rotatable bonds is 8. The summed E-state index contributed by atoms with van der Waals surface area (Å²) in [4.78, 5) is 19.7. The van der Waals surface area contributed by atoms with Gasteiger partial charge in [-0.2, -0.15) is 0 Å². The molecule has 7 nitrogen and oxygen atoms in total. The number of ether oxygens (including phenoxy) is 2. The lowest BCUT2D eigenvalue weighted by Crippen LogP contribution is -2.48. The first-order valence-electron chi connectivity index (χ1n) is 14.7. The van der Waals surface area contributed by atoms with Gasteiger partial charge < -0.3 is 9.47 Å². The van der Waals surface area contributed by atoms with E-state index < -0.39 is 39.2 Å². The molecular formula is C34H37FN2O5S. The number of sulfonamides is 1. The Morgan fingerprint density at radius 3 is 2.21 bits per heavy atom. The standard InChI is InChI=1S/C34H37FN2O5S/c1-33(2)25-15-16-34(33)21-43(39,40)37(29(34)20-25)32(38)27(18-22-17-26(35)31(42-4)28(19-22)41-3)36-30(23-11-7-5-8-12-23)24-13-9-6-10-14-24/h5-14,17,19,25,27,29H,15-16,18,20-21H2,1-4H3/t25-,27+,29-,34-/m1/s1. The van der Waals surface area contributed by atoms with Crippen molar-refractivity contribution in [2.75, 3.05) is 20.0 Å². The van der Waals surface area contributed by atoms with Crippen LogP contribution in [0.25, 0.3) is 0 Å². The fraction of sp³-hybridized carbons (Fsp3) is 0.412. The largest absolute Gasteiger partial charge is 0.493 e. The quantitative estimate of drug-likeness (QED) is 0.310. The van der Waals surface area contributed by atoms with Crippen LogP contribution in [0.15, 0.2) is 77.8 Å². The molecule has 0 radical (unpaired) electrons. The number of halogens is 1. The lowest BCUT2D eigenvalue weighted by Gasteiger charge is -2.37. The van der Waals surface area contributed by atoms with Crippen LogP contribution in [0.5, 0.6) is 11.5 Å². The summed E-state index contributed by atoms with van der Waals surface area (Å²) in [6.45, 7) is 4.30. The highest BCUT2D eigenvalue weighted by Crippen LogP contribution is 2.70. The summed E-state index contributed by atoms with van der Waals surface area (Å²) in [6.07, 6.45) is 2.38. The van der Waals surface area contributed by atoms with Crippen LogP contribution in [0.4, 0.5) is 4.39 Å². The van der Waals surface area contributed by atoms with Crippen molar-refractivity contribution >= 4 is 21.6 Å². The molecule has 1 aliphatic heterocycles. The highest BCUT2D eigenvalue weighted by molar-refractivity contribution is 7.90. The van der Waals surface area contributed by atoms with Crippen LogP contribution in [-0.4, -0.2) is 56.4 Å². The SMILES string of the molecule is COc1cc(C[C@H](N=C(c2ccccc2)c2ccccc2)C(=O)N2[C@@H]3C[C@H]4CC[C@]3(CS2(=O)=O)C4(C)C)cc(F)c1OC. The molecule has 43 heavy (non-hydrogen) atoms. The summed E-state index contributed by atoms with van der Waals surface area (Å²) in [5.41, 5.74) is 1.90. The van der Waals surface area contributed by atoms with E-state index in [1.165, 1.54) is 20.3 Å². The fourth-order valence-corrected chi connectivity index (χ4v) is 10.5. The molecule has 6 rings (SSSR count). The van der Waals surface area contributed by atoms with Gasteiger partial charge in [-0.25, -0.2) is 17.1 Å². The van der Waals surface area contributed by atoms with Crippen LogP contribution in [0.1, 0.15) is 49.8 Å². The Balaban J connectivity index is 1.49. The molecule has 2 aliphatic carbocycles. The molecule has 1 saturated heterocycles. The van der Waals surface area contributed by atoms with Gasteiger partial charge in [-0.1, -0.05) is 74.5 Å². The zero-order chi connectivity index (χ0) is 30.6. The van der Waals surface area contributed by atoms with Crippen molar-refractivity contribution in [3.05, 3.63) is 95.3 Å². The summed E-state index contributed by atoms with van der Waals surface area (Å²) in [6, 6.07) is 20.3. The second kappa shape index (κ2) is 10.8. The monoisotopic (exact) mass is 604 g/mol. The number of carbonyl (C=O) groups is 1. The predicted octanol–water partition coefficient (Wildman–Crippen LogP) is 5.66. The fourth-order valence-electron chi connectivity index (χ4n) is 7.89. The first-order valence-corrected chi connectivity index (χ1v) is 16.3. The molecule has 3 fully saturated rings. The zero-order valence-corrected chi connectivity index (χ0v) is 25.7. The minimum Gasteiger partial charge on any atom is -0.493 e. The second-order valence-corrected chi connectivity index (χ2v) is 14.3. The van der Waals surface area contributed by atoms with Gasteiger partial charge in [-0.3, -0.25) is 9.79 Å². The van der Waals surface area contributed by atoms with Gasteiger partial charge in [-0.15, -0.1) is 0 Å². The molecule has 9 heteroatoms. The van der Waals surface area contributed by atoms with E-state index >= 15 is 4.39 Å². The predicted molar refractivity (Wildman–Crippen MR) is 163 cm³/mol. The van der Waals surface area contributed by atoms with Crippen LogP contribution in [0.3, 0.4) is 0 Å². The average Bonchev–Trinajstić information content (AvgIpc) is 3.48. The number of carbonyl (C=O) groups excluding carboxylic acids is 1. The van der Waals surface area contributed by atoms with Gasteiger partial charge in [0, 0.05) is 23.0 Å². The third kappa shape index (κ3) is 4.72. The van der Waals surface area contributed by atoms with E-state index in [4.69, 9.17) is 14.5 Å². The molecule has 3 aliphatic rings. The molecule has 0 unspecified atom stereocenters. The number of fused-ring (bicyclic) bond motifs is 1. The number of methoxy groups -OCH3 is 2. The Kier molecular flexibility index (Phi) is 7.35. The maximum absolute atomic E-state index is 15.1. The number of hydrogen-bond acceptors (Lipinski definition) is 6. The van der Waals surface area contributed by atoms with E-state index in [-0.39, 0.29) is 29.1 Å². The first-order chi connectivity index (χ1) is 20.5. The van der Waals surface area contributed by atoms with Crippen molar-refractivity contribution < 1.29 is 27.1 Å². The summed E-state index contributed by atoms with van der Waals surface area (Å²) in [5.74, 6) is -0.757. The smallest absolute Gasteiger partial charge is 0.261 e. The minimum atomic E-state index is -3.90. The summed E-state index contributed by atoms with van der Waals surface area (Å²) >= 11 is 0. The van der Waals surface area contributed by atoms with Crippen molar-refractivity contribution in [3.8, 4) is 11.5 Å². The Hall–Kier alpha value is -3.72. The van der Waals surface area contributed by atoms with Gasteiger partial charge in [0.15, 0.2) is 17.3 Å². The Bertz CT molecular complexity index is 1630. The summed E-state index contributed by atoms with van der Waals surface area (Å²) in [7, 11) is -1.13. The van der Waals surface area contributed by atoms with Crippen molar-refractivity contribution in [1.29, 1.82) is 0 Å². The van der Waals surface area contributed by atoms with E-state index in [0.717, 1.165) is 28.3 Å². The van der Waals surface area contributed by atoms with Crippen molar-refractivity contribution in [3.63, 3.8) is 0 Å². The number of hydrogen-bond donors (Lipinski definition) is 0. The highest BCUT2D eigenvalue weighted by atomic mass is 32.2. The third-order valence-corrected chi connectivity index (χ3v) is 12.1. The first kappa shape index (κ1) is 29.4. The van der Waals surface area contributed by atoms with Crippen LogP contribution in [-0.2, 0) is 21.2 Å². The maximum Gasteiger partial charge on any atom is 0.261 e. The topological polar surface area (TPSA) is 85.3 Å². The van der Waals surface area contributed by atoms with Crippen LogP contribution in [0.2, 0.25) is 0 Å². The molecule has 2 saturated carbocycles. The van der Waals surface area contributed by atoms with Gasteiger partial charge in [0.25, 0.3) is 5.91 Å². The zero-order valence-electron chi connectivity index (χ0n) is 24.9. The van der Waals surface area contributed by atoms with Gasteiger partial charge >= 0.3 is 0 Å². The molecule has 4 atom stereocenters. The Labute approximate surface area is 252 Å². The van der Waals surface area contributed by atoms with E-state index in [1.54, 1.807) is 6.07 Å². The molecule has 0 N–H and O–H groups in total. The van der Waals surface area contributed by atoms with Crippen LogP contribution in [0, 0.1) is 22.6 Å². The highest BCUT2D eigenvalue weighted by Gasteiger charge is 2.72. The number of aliphatic imine (C=N–C) groups is 1. The molecular weight excluding hydrogens is 567 g/mol. The Morgan fingerprint density at radius 2 is 1.65 bits per heavy atom. The third-order valence-electron chi connectivity index (χ3n) is 10.2. The molecule has 1 spiro atoms. The molecule has 1 heterocycles. The molecule has 2 bridgehead atoms. The number of nitrogens with zero attached hydrogens (tertiary/aromatic N) is 2. The van der Waals surface area contributed by atoms with Crippen molar-refractivity contribution in [2.45, 2.75) is 51.6 Å². The number of benzene rings is 3. The molecule has 226 valence electrons. The van der Waals surface area contributed by atoms with Crippen molar-refractivity contribution in [2.24, 2.45) is 21.7 Å². The van der Waals surface area contributed by atoms with E-state index in [2.05, 4.69) is 13.8 Å². The molecule has 3 aromatic carbocycles. The number of amides is 1. The molecule has 3 aromatic rings. The van der Waals surface area contributed by atoms with E-state index in [9.17, 15) is 13.2 Å². The molecule has 1 amide bonds. The summed E-state index contributed by atoms with van der Waals surface area (Å²) < 4.78 is 54.5. The van der Waals surface area contributed by atoms with Crippen molar-refractivity contribution in [1.82, 2.24) is 4.31 Å². The van der Waals surface area contributed by atoms with Gasteiger partial charge in [0.05, 0.1) is 31.7 Å². The molecule has 0 aromatic heterocycles. The van der Waals surface area contributed by atoms with E-state index in [1.807, 2.05) is 60.7 Å². The minimum absolute atomic E-state index is 0.0299. The van der Waals surface area contributed by atoms with Crippen LogP contribution < -0.4 is 9.47 Å². The normalized spacial score (nSPS) is 25.2. The van der Waals surface area contributed by atoms with Gasteiger partial charge in [-0.05, 0) is 48.3 Å². The Morgan fingerprint density at radius 1 is 1.02 bits per heavy atom. The lowest BCUT2D eigenvalue weighted by molar-refractivity contribution is -0.130. The van der Waals surface area contributed by atoms with Gasteiger partial charge in [0.2, 0.25) is 10.0 Å². The van der Waals surface area contributed by atoms with Crippen LogP contribution >= 0.6 is 0 Å². The lowest BCUT2D eigenvalue weighted by atomic mass is 9.69. The second-order valence-electron chi connectivity index (χ2n) is 12.5. The van der Waals surface area contributed by atoms with Gasteiger partial charge in [0.1, 0.15) is 6.04 Å². The van der Waals surface area contributed by atoms with E-state index in [0.29, 0.717) is 23.6 Å². The summed E-state index contributed by atoms with van der Waals surface area (Å²) in [5, 5.41) is 0. The average molecular weight is 605 g/mol.